The highest BCUT2D eigenvalue weighted by molar-refractivity contribution is 6.08. The summed E-state index contributed by atoms with van der Waals surface area (Å²) < 4.78 is 5.67. The van der Waals surface area contributed by atoms with E-state index < -0.39 is 5.92 Å². The number of ether oxygens (including phenoxy) is 1. The standard InChI is InChI=1S/C25H25NO3/c1-17-22(25(28)29-16-15-18-9-4-2-5-10-18)23(19-11-6-3-7-12-19)24-20(26-17)13-8-14-21(24)27/h2-7,9-12,22-23H,8,13-16H2,1H3/t22?,23-/m0/s1. The normalized spacial score (nSPS) is 21.4. The predicted molar refractivity (Wildman–Crippen MR) is 113 cm³/mol. The Morgan fingerprint density at radius 3 is 2.45 bits per heavy atom. The van der Waals surface area contributed by atoms with Crippen LogP contribution < -0.4 is 0 Å². The zero-order chi connectivity index (χ0) is 20.2. The van der Waals surface area contributed by atoms with E-state index in [1.807, 2.05) is 67.6 Å². The fraction of sp³-hybridized carbons (Fsp3) is 0.320. The number of hydrogen-bond donors (Lipinski definition) is 0. The van der Waals surface area contributed by atoms with Gasteiger partial charge in [-0.05, 0) is 30.9 Å². The van der Waals surface area contributed by atoms with Crippen LogP contribution in [0.4, 0.5) is 0 Å². The van der Waals surface area contributed by atoms with Crippen molar-refractivity contribution < 1.29 is 14.3 Å². The minimum absolute atomic E-state index is 0.110. The molecule has 1 aliphatic carbocycles. The number of nitrogens with zero attached hydrogens (tertiary/aromatic N) is 1. The van der Waals surface area contributed by atoms with E-state index in [0.29, 0.717) is 25.0 Å². The first-order chi connectivity index (χ1) is 14.1. The van der Waals surface area contributed by atoms with E-state index in [1.165, 1.54) is 0 Å². The number of aliphatic imine (C=N–C) groups is 1. The Kier molecular flexibility index (Phi) is 5.70. The lowest BCUT2D eigenvalue weighted by Gasteiger charge is -2.34. The molecule has 2 aliphatic rings. The van der Waals surface area contributed by atoms with Crippen LogP contribution in [0.3, 0.4) is 0 Å². The van der Waals surface area contributed by atoms with E-state index >= 15 is 0 Å². The highest BCUT2D eigenvalue weighted by Crippen LogP contribution is 2.43. The maximum Gasteiger partial charge on any atom is 0.315 e. The minimum Gasteiger partial charge on any atom is -0.465 e. The van der Waals surface area contributed by atoms with Gasteiger partial charge in [0.2, 0.25) is 0 Å². The van der Waals surface area contributed by atoms with Crippen LogP contribution in [0, 0.1) is 5.92 Å². The van der Waals surface area contributed by atoms with Gasteiger partial charge in [0.05, 0.1) is 6.61 Å². The summed E-state index contributed by atoms with van der Waals surface area (Å²) in [6.45, 7) is 2.19. The largest absolute Gasteiger partial charge is 0.465 e. The van der Waals surface area contributed by atoms with Gasteiger partial charge in [0.1, 0.15) is 5.92 Å². The van der Waals surface area contributed by atoms with Crippen LogP contribution in [0.15, 0.2) is 76.9 Å². The first-order valence-electron chi connectivity index (χ1n) is 10.2. The van der Waals surface area contributed by atoms with E-state index in [2.05, 4.69) is 4.99 Å². The second-order valence-electron chi connectivity index (χ2n) is 7.66. The number of rotatable bonds is 5. The van der Waals surface area contributed by atoms with Crippen molar-refractivity contribution in [1.82, 2.24) is 0 Å². The molecule has 4 nitrogen and oxygen atoms in total. The summed E-state index contributed by atoms with van der Waals surface area (Å²) in [5.41, 5.74) is 4.38. The van der Waals surface area contributed by atoms with Crippen LogP contribution in [0.2, 0.25) is 0 Å². The Bertz CT molecular complexity index is 960. The van der Waals surface area contributed by atoms with Gasteiger partial charge in [0, 0.05) is 35.7 Å². The van der Waals surface area contributed by atoms with Gasteiger partial charge in [-0.3, -0.25) is 14.6 Å². The summed E-state index contributed by atoms with van der Waals surface area (Å²) in [5.74, 6) is -1.07. The van der Waals surface area contributed by atoms with Crippen molar-refractivity contribution in [1.29, 1.82) is 0 Å². The second kappa shape index (κ2) is 8.56. The van der Waals surface area contributed by atoms with Gasteiger partial charge in [-0.15, -0.1) is 0 Å². The van der Waals surface area contributed by atoms with Crippen molar-refractivity contribution in [3.63, 3.8) is 0 Å². The summed E-state index contributed by atoms with van der Waals surface area (Å²) in [7, 11) is 0. The number of allylic oxidation sites excluding steroid dienone is 2. The Morgan fingerprint density at radius 1 is 1.03 bits per heavy atom. The summed E-state index contributed by atoms with van der Waals surface area (Å²) in [5, 5.41) is 0. The van der Waals surface area contributed by atoms with Crippen LogP contribution in [-0.4, -0.2) is 24.1 Å². The molecule has 148 valence electrons. The fourth-order valence-electron chi connectivity index (χ4n) is 4.34. The zero-order valence-electron chi connectivity index (χ0n) is 16.6. The SMILES string of the molecule is CC1=NC2=C(C(=O)CCC2)[C@@H](c2ccccc2)C1C(=O)OCCc1ccccc1. The molecule has 0 N–H and O–H groups in total. The van der Waals surface area contributed by atoms with Gasteiger partial charge in [0.15, 0.2) is 5.78 Å². The molecule has 0 aromatic heterocycles. The van der Waals surface area contributed by atoms with Crippen LogP contribution in [0.1, 0.15) is 43.2 Å². The van der Waals surface area contributed by atoms with E-state index in [4.69, 9.17) is 4.74 Å². The summed E-state index contributed by atoms with van der Waals surface area (Å²) >= 11 is 0. The van der Waals surface area contributed by atoms with Crippen molar-refractivity contribution >= 4 is 17.5 Å². The Hall–Kier alpha value is -3.01. The molecule has 0 amide bonds. The number of benzene rings is 2. The Balaban J connectivity index is 1.60. The van der Waals surface area contributed by atoms with Gasteiger partial charge in [-0.2, -0.15) is 0 Å². The highest BCUT2D eigenvalue weighted by Gasteiger charge is 2.42. The van der Waals surface area contributed by atoms with Crippen molar-refractivity contribution in [2.75, 3.05) is 6.61 Å². The number of Topliss-reactive ketones (excluding diaryl/α,β-unsaturated/α-hetero) is 1. The second-order valence-corrected chi connectivity index (χ2v) is 7.66. The van der Waals surface area contributed by atoms with E-state index in [0.717, 1.165) is 35.4 Å². The Morgan fingerprint density at radius 2 is 1.72 bits per heavy atom. The van der Waals surface area contributed by atoms with Gasteiger partial charge >= 0.3 is 5.97 Å². The van der Waals surface area contributed by atoms with E-state index in [-0.39, 0.29) is 17.7 Å². The molecule has 0 saturated carbocycles. The van der Waals surface area contributed by atoms with Gasteiger partial charge in [-0.1, -0.05) is 60.7 Å². The third-order valence-corrected chi connectivity index (χ3v) is 5.72. The van der Waals surface area contributed by atoms with Crippen LogP contribution in [-0.2, 0) is 20.7 Å². The molecule has 0 radical (unpaired) electrons. The molecule has 29 heavy (non-hydrogen) atoms. The third-order valence-electron chi connectivity index (χ3n) is 5.72. The number of carbonyl (C=O) groups is 2. The molecule has 4 heteroatoms. The zero-order valence-corrected chi connectivity index (χ0v) is 16.6. The van der Waals surface area contributed by atoms with Crippen molar-refractivity contribution in [2.45, 2.75) is 38.5 Å². The molecule has 2 atom stereocenters. The van der Waals surface area contributed by atoms with Crippen molar-refractivity contribution in [2.24, 2.45) is 10.9 Å². The number of hydrogen-bond acceptors (Lipinski definition) is 4. The average molecular weight is 387 g/mol. The lowest BCUT2D eigenvalue weighted by molar-refractivity contribution is -0.146. The lowest BCUT2D eigenvalue weighted by atomic mass is 9.72. The number of carbonyl (C=O) groups excluding carboxylic acids is 2. The molecular weight excluding hydrogens is 362 g/mol. The van der Waals surface area contributed by atoms with E-state index in [1.54, 1.807) is 0 Å². The number of ketones is 1. The molecule has 0 saturated heterocycles. The molecule has 0 fully saturated rings. The molecule has 2 aromatic carbocycles. The predicted octanol–water partition coefficient (Wildman–Crippen LogP) is 4.65. The van der Waals surface area contributed by atoms with Crippen molar-refractivity contribution in [3.05, 3.63) is 83.1 Å². The molecule has 2 aromatic rings. The maximum absolute atomic E-state index is 13.1. The molecule has 0 bridgehead atoms. The van der Waals surface area contributed by atoms with Gasteiger partial charge in [-0.25, -0.2) is 0 Å². The van der Waals surface area contributed by atoms with Crippen molar-refractivity contribution in [3.8, 4) is 0 Å². The van der Waals surface area contributed by atoms with E-state index in [9.17, 15) is 9.59 Å². The lowest BCUT2D eigenvalue weighted by Crippen LogP contribution is -2.37. The quantitative estimate of drug-likeness (QED) is 0.702. The highest BCUT2D eigenvalue weighted by atomic mass is 16.5. The fourth-order valence-corrected chi connectivity index (χ4v) is 4.34. The minimum atomic E-state index is -0.561. The molecule has 0 spiro atoms. The first-order valence-corrected chi connectivity index (χ1v) is 10.2. The maximum atomic E-state index is 13.1. The molecule has 1 aliphatic heterocycles. The number of esters is 1. The summed E-state index contributed by atoms with van der Waals surface area (Å²) in [6.07, 6.45) is 2.80. The Labute approximate surface area is 171 Å². The van der Waals surface area contributed by atoms with Crippen LogP contribution in [0.25, 0.3) is 0 Å². The molecule has 1 heterocycles. The average Bonchev–Trinajstić information content (AvgIpc) is 2.74. The molecule has 4 rings (SSSR count). The first kappa shape index (κ1) is 19.3. The smallest absolute Gasteiger partial charge is 0.315 e. The van der Waals surface area contributed by atoms with Crippen LogP contribution >= 0.6 is 0 Å². The molecular formula is C25H25NO3. The monoisotopic (exact) mass is 387 g/mol. The summed E-state index contributed by atoms with van der Waals surface area (Å²) in [4.78, 5) is 30.6. The van der Waals surface area contributed by atoms with Gasteiger partial charge < -0.3 is 4.74 Å². The summed E-state index contributed by atoms with van der Waals surface area (Å²) in [6, 6.07) is 19.8. The topological polar surface area (TPSA) is 55.7 Å². The van der Waals surface area contributed by atoms with Crippen LogP contribution in [0.5, 0.6) is 0 Å². The third kappa shape index (κ3) is 4.07. The van der Waals surface area contributed by atoms with Gasteiger partial charge in [0.25, 0.3) is 0 Å². The molecule has 1 unspecified atom stereocenters.